The summed E-state index contributed by atoms with van der Waals surface area (Å²) in [6.45, 7) is 4.05. The summed E-state index contributed by atoms with van der Waals surface area (Å²) in [5.41, 5.74) is 6.71. The Morgan fingerprint density at radius 2 is 1.94 bits per heavy atom. The molecule has 0 aliphatic heterocycles. The van der Waals surface area contributed by atoms with Crippen molar-refractivity contribution < 1.29 is 0 Å². The fourth-order valence-electron chi connectivity index (χ4n) is 1.40. The zero-order valence-electron chi connectivity index (χ0n) is 9.38. The van der Waals surface area contributed by atoms with E-state index in [2.05, 4.69) is 15.4 Å². The fourth-order valence-corrected chi connectivity index (χ4v) is 1.40. The van der Waals surface area contributed by atoms with Crippen LogP contribution in [0, 0.1) is 0 Å². The van der Waals surface area contributed by atoms with E-state index in [0.717, 1.165) is 5.69 Å². The van der Waals surface area contributed by atoms with Gasteiger partial charge in [0.25, 0.3) is 0 Å². The second-order valence-electron chi connectivity index (χ2n) is 3.84. The number of nitrogens with two attached hydrogens (primary N) is 1. The van der Waals surface area contributed by atoms with Gasteiger partial charge in [-0.1, -0.05) is 18.2 Å². The van der Waals surface area contributed by atoms with Gasteiger partial charge in [0.15, 0.2) is 0 Å². The molecule has 0 aliphatic carbocycles. The predicted octanol–water partition coefficient (Wildman–Crippen LogP) is 1.67. The lowest BCUT2D eigenvalue weighted by Gasteiger charge is -2.03. The second kappa shape index (κ2) is 4.22. The van der Waals surface area contributed by atoms with Crippen molar-refractivity contribution in [3.05, 3.63) is 30.3 Å². The van der Waals surface area contributed by atoms with Crippen molar-refractivity contribution in [2.45, 2.75) is 19.9 Å². The maximum absolute atomic E-state index is 5.80. The third-order valence-electron chi connectivity index (χ3n) is 2.05. The SMILES string of the molecule is CC(C)Nc1nc(N)n(-c2ccccc2)n1. The van der Waals surface area contributed by atoms with Crippen molar-refractivity contribution in [2.75, 3.05) is 11.1 Å². The van der Waals surface area contributed by atoms with Crippen molar-refractivity contribution in [1.29, 1.82) is 0 Å². The van der Waals surface area contributed by atoms with E-state index in [1.54, 1.807) is 4.68 Å². The number of aromatic nitrogens is 3. The van der Waals surface area contributed by atoms with Gasteiger partial charge in [-0.25, -0.2) is 0 Å². The number of rotatable bonds is 3. The highest BCUT2D eigenvalue weighted by atomic mass is 15.4. The number of nitrogens with one attached hydrogen (secondary N) is 1. The quantitative estimate of drug-likeness (QED) is 0.820. The molecule has 0 bridgehead atoms. The lowest BCUT2D eigenvalue weighted by atomic mass is 10.3. The number of para-hydroxylation sites is 1. The van der Waals surface area contributed by atoms with E-state index in [0.29, 0.717) is 11.9 Å². The van der Waals surface area contributed by atoms with Crippen LogP contribution >= 0.6 is 0 Å². The third-order valence-corrected chi connectivity index (χ3v) is 2.05. The van der Waals surface area contributed by atoms with Crippen molar-refractivity contribution in [3.8, 4) is 5.69 Å². The van der Waals surface area contributed by atoms with Gasteiger partial charge in [-0.2, -0.15) is 9.67 Å². The molecule has 0 saturated carbocycles. The molecule has 1 aromatic carbocycles. The topological polar surface area (TPSA) is 68.8 Å². The zero-order valence-corrected chi connectivity index (χ0v) is 9.38. The van der Waals surface area contributed by atoms with E-state index in [1.807, 2.05) is 44.2 Å². The Hall–Kier alpha value is -2.04. The molecule has 5 nitrogen and oxygen atoms in total. The first-order valence-electron chi connectivity index (χ1n) is 5.21. The molecule has 0 aliphatic rings. The average molecular weight is 217 g/mol. The van der Waals surface area contributed by atoms with E-state index >= 15 is 0 Å². The van der Waals surface area contributed by atoms with Crippen LogP contribution in [0.25, 0.3) is 5.69 Å². The Morgan fingerprint density at radius 3 is 2.56 bits per heavy atom. The molecule has 16 heavy (non-hydrogen) atoms. The first kappa shape index (κ1) is 10.5. The molecule has 0 radical (unpaired) electrons. The van der Waals surface area contributed by atoms with Crippen LogP contribution in [-0.2, 0) is 0 Å². The minimum Gasteiger partial charge on any atom is -0.368 e. The molecule has 84 valence electrons. The lowest BCUT2D eigenvalue weighted by Crippen LogP contribution is -2.11. The van der Waals surface area contributed by atoms with Crippen LogP contribution in [0.3, 0.4) is 0 Å². The van der Waals surface area contributed by atoms with Crippen LogP contribution in [0.4, 0.5) is 11.9 Å². The van der Waals surface area contributed by atoms with E-state index in [4.69, 9.17) is 5.73 Å². The summed E-state index contributed by atoms with van der Waals surface area (Å²) in [5, 5.41) is 7.40. The second-order valence-corrected chi connectivity index (χ2v) is 3.84. The van der Waals surface area contributed by atoms with Crippen molar-refractivity contribution in [1.82, 2.24) is 14.8 Å². The molecule has 1 heterocycles. The van der Waals surface area contributed by atoms with Gasteiger partial charge in [-0.05, 0) is 26.0 Å². The van der Waals surface area contributed by atoms with E-state index in [-0.39, 0.29) is 6.04 Å². The summed E-state index contributed by atoms with van der Waals surface area (Å²) in [6, 6.07) is 9.97. The third kappa shape index (κ3) is 2.13. The lowest BCUT2D eigenvalue weighted by molar-refractivity contribution is 0.849. The fraction of sp³-hybridized carbons (Fsp3) is 0.273. The molecule has 0 spiro atoms. The minimum atomic E-state index is 0.283. The Morgan fingerprint density at radius 1 is 1.25 bits per heavy atom. The van der Waals surface area contributed by atoms with Crippen LogP contribution in [-0.4, -0.2) is 20.8 Å². The normalized spacial score (nSPS) is 10.7. The zero-order chi connectivity index (χ0) is 11.5. The summed E-state index contributed by atoms with van der Waals surface area (Å²) in [5.74, 6) is 0.936. The molecular formula is C11H15N5. The predicted molar refractivity (Wildman–Crippen MR) is 64.5 cm³/mol. The molecule has 2 aromatic rings. The van der Waals surface area contributed by atoms with Crippen LogP contribution in [0.15, 0.2) is 30.3 Å². The molecule has 1 aromatic heterocycles. The van der Waals surface area contributed by atoms with Gasteiger partial charge in [0.05, 0.1) is 5.69 Å². The van der Waals surface area contributed by atoms with Crippen LogP contribution in [0.5, 0.6) is 0 Å². The Kier molecular flexibility index (Phi) is 2.76. The van der Waals surface area contributed by atoms with Gasteiger partial charge in [0.1, 0.15) is 0 Å². The van der Waals surface area contributed by atoms with Gasteiger partial charge in [-0.15, -0.1) is 5.10 Å². The molecule has 0 fully saturated rings. The summed E-state index contributed by atoms with van der Waals surface area (Å²) >= 11 is 0. The largest absolute Gasteiger partial charge is 0.368 e. The molecule has 2 rings (SSSR count). The first-order valence-corrected chi connectivity index (χ1v) is 5.21. The highest BCUT2D eigenvalue weighted by Gasteiger charge is 2.08. The van der Waals surface area contributed by atoms with Gasteiger partial charge in [-0.3, -0.25) is 0 Å². The maximum Gasteiger partial charge on any atom is 0.244 e. The number of hydrogen-bond acceptors (Lipinski definition) is 4. The van der Waals surface area contributed by atoms with Crippen LogP contribution in [0.2, 0.25) is 0 Å². The Labute approximate surface area is 94.3 Å². The number of anilines is 2. The molecule has 0 unspecified atom stereocenters. The van der Waals surface area contributed by atoms with Crippen LogP contribution in [0.1, 0.15) is 13.8 Å². The number of nitrogen functional groups attached to an aromatic ring is 1. The number of hydrogen-bond donors (Lipinski definition) is 2. The Bertz CT molecular complexity index is 460. The molecule has 3 N–H and O–H groups in total. The molecule has 0 saturated heterocycles. The van der Waals surface area contributed by atoms with Crippen molar-refractivity contribution in [3.63, 3.8) is 0 Å². The minimum absolute atomic E-state index is 0.283. The standard InChI is InChI=1S/C11H15N5/c1-8(2)13-11-14-10(12)16(15-11)9-6-4-3-5-7-9/h3-8H,1-2H3,(H3,12,13,14,15). The van der Waals surface area contributed by atoms with Crippen molar-refractivity contribution in [2.24, 2.45) is 0 Å². The van der Waals surface area contributed by atoms with E-state index < -0.39 is 0 Å². The van der Waals surface area contributed by atoms with Crippen molar-refractivity contribution >= 4 is 11.9 Å². The van der Waals surface area contributed by atoms with E-state index in [1.165, 1.54) is 0 Å². The maximum atomic E-state index is 5.80. The first-order chi connectivity index (χ1) is 7.66. The van der Waals surface area contributed by atoms with Gasteiger partial charge >= 0.3 is 0 Å². The smallest absolute Gasteiger partial charge is 0.244 e. The highest BCUT2D eigenvalue weighted by molar-refractivity contribution is 5.41. The van der Waals surface area contributed by atoms with Crippen LogP contribution < -0.4 is 11.1 Å². The molecule has 0 amide bonds. The summed E-state index contributed by atoms with van der Waals surface area (Å²) < 4.78 is 1.62. The molecule has 5 heteroatoms. The van der Waals surface area contributed by atoms with E-state index in [9.17, 15) is 0 Å². The molecular weight excluding hydrogens is 202 g/mol. The average Bonchev–Trinajstić information content (AvgIpc) is 2.60. The number of nitrogens with zero attached hydrogens (tertiary/aromatic N) is 3. The monoisotopic (exact) mass is 217 g/mol. The Balaban J connectivity index is 2.32. The summed E-state index contributed by atoms with van der Waals surface area (Å²) in [7, 11) is 0. The highest BCUT2D eigenvalue weighted by Crippen LogP contribution is 2.13. The van der Waals surface area contributed by atoms with Gasteiger partial charge < -0.3 is 11.1 Å². The number of benzene rings is 1. The summed E-state index contributed by atoms with van der Waals surface area (Å²) in [6.07, 6.45) is 0. The molecule has 0 atom stereocenters. The summed E-state index contributed by atoms with van der Waals surface area (Å²) in [4.78, 5) is 4.15. The van der Waals surface area contributed by atoms with Gasteiger partial charge in [0.2, 0.25) is 11.9 Å². The van der Waals surface area contributed by atoms with Gasteiger partial charge in [0, 0.05) is 6.04 Å².